The van der Waals surface area contributed by atoms with E-state index >= 15 is 0 Å². The van der Waals surface area contributed by atoms with Crippen LogP contribution in [0.15, 0.2) is 241 Å². The van der Waals surface area contributed by atoms with Crippen LogP contribution in [0.2, 0.25) is 0 Å². The van der Waals surface area contributed by atoms with E-state index in [1.54, 1.807) is 0 Å². The van der Waals surface area contributed by atoms with Gasteiger partial charge < -0.3 is 13.9 Å². The summed E-state index contributed by atoms with van der Waals surface area (Å²) < 4.78 is 9.26. The smallest absolute Gasteiger partial charge is 0.167 e. The SMILES string of the molecule is c1ccc(-c2ccc(N(c3ccc4ccccc4c3)c3ccc(-c4nc(-c5ccccc5)nc(-c5ccc(-n6c7ccccc7c7ccccc76)cc5)n4)c4oc5ccccc5c34)cc2)cc1. The van der Waals surface area contributed by atoms with E-state index in [4.69, 9.17) is 19.4 Å². The zero-order valence-corrected chi connectivity index (χ0v) is 36.2. The summed E-state index contributed by atoms with van der Waals surface area (Å²) in [4.78, 5) is 17.9. The molecule has 0 amide bonds. The van der Waals surface area contributed by atoms with Gasteiger partial charge in [0, 0.05) is 44.3 Å². The number of hydrogen-bond donors (Lipinski definition) is 0. The van der Waals surface area contributed by atoms with Gasteiger partial charge in [-0.2, -0.15) is 0 Å². The maximum atomic E-state index is 6.94. The molecule has 6 heteroatoms. The summed E-state index contributed by atoms with van der Waals surface area (Å²) in [6, 6.07) is 82.8. The third-order valence-electron chi connectivity index (χ3n) is 12.8. The Morgan fingerprint density at radius 2 is 0.896 bits per heavy atom. The zero-order valence-electron chi connectivity index (χ0n) is 36.2. The standard InChI is InChI=1S/C61H39N5O/c1-3-15-40(16-4-1)42-27-32-46(33-28-42)65(48-36-29-41-17-7-8-20-45(41)39-48)55-38-37-52(58-57(55)51-23-11-14-26-56(51)67-58)61-63-59(43-18-5-2-6-19-43)62-60(64-61)44-30-34-47(35-31-44)66-53-24-12-9-21-49(53)50-22-10-13-25-54(50)66/h1-39H. The quantitative estimate of drug-likeness (QED) is 0.152. The monoisotopic (exact) mass is 857 g/mol. The van der Waals surface area contributed by atoms with Crippen LogP contribution >= 0.6 is 0 Å². The fourth-order valence-electron chi connectivity index (χ4n) is 9.65. The van der Waals surface area contributed by atoms with Gasteiger partial charge in [-0.25, -0.2) is 15.0 Å². The lowest BCUT2D eigenvalue weighted by molar-refractivity contribution is 0.669. The number of benzene rings is 10. The summed E-state index contributed by atoms with van der Waals surface area (Å²) in [7, 11) is 0. The van der Waals surface area contributed by atoms with Gasteiger partial charge in [-0.05, 0) is 101 Å². The molecule has 0 aliphatic carbocycles. The molecule has 0 unspecified atom stereocenters. The third kappa shape index (κ3) is 6.62. The van der Waals surface area contributed by atoms with Crippen molar-refractivity contribution in [3.63, 3.8) is 0 Å². The van der Waals surface area contributed by atoms with E-state index in [-0.39, 0.29) is 0 Å². The van der Waals surface area contributed by atoms with Crippen LogP contribution < -0.4 is 4.90 Å². The van der Waals surface area contributed by atoms with Crippen molar-refractivity contribution in [1.82, 2.24) is 19.5 Å². The second-order valence-electron chi connectivity index (χ2n) is 16.8. The molecule has 0 aliphatic rings. The molecular formula is C61H39N5O. The predicted molar refractivity (Wildman–Crippen MR) is 275 cm³/mol. The number of aromatic nitrogens is 4. The minimum absolute atomic E-state index is 0.524. The van der Waals surface area contributed by atoms with Gasteiger partial charge in [0.1, 0.15) is 11.2 Å². The van der Waals surface area contributed by atoms with Crippen molar-refractivity contribution < 1.29 is 4.42 Å². The van der Waals surface area contributed by atoms with E-state index in [1.165, 1.54) is 21.7 Å². The van der Waals surface area contributed by atoms with E-state index < -0.39 is 0 Å². The maximum Gasteiger partial charge on any atom is 0.167 e. The molecule has 0 atom stereocenters. The molecule has 0 radical (unpaired) electrons. The first kappa shape index (κ1) is 38.3. The predicted octanol–water partition coefficient (Wildman–Crippen LogP) is 16.2. The van der Waals surface area contributed by atoms with E-state index in [1.807, 2.05) is 42.5 Å². The van der Waals surface area contributed by atoms with Crippen LogP contribution in [0.5, 0.6) is 0 Å². The molecule has 0 spiro atoms. The lowest BCUT2D eigenvalue weighted by Crippen LogP contribution is -2.10. The van der Waals surface area contributed by atoms with Crippen LogP contribution in [0.4, 0.5) is 17.1 Å². The molecule has 0 aliphatic heterocycles. The average molecular weight is 858 g/mol. The molecule has 3 heterocycles. The molecule has 0 saturated heterocycles. The molecule has 6 nitrogen and oxygen atoms in total. The number of rotatable bonds is 8. The Hall–Kier alpha value is -9.13. The highest BCUT2D eigenvalue weighted by Gasteiger charge is 2.25. The summed E-state index contributed by atoms with van der Waals surface area (Å²) in [5.41, 5.74) is 12.8. The Balaban J connectivity index is 0.992. The Morgan fingerprint density at radius 1 is 0.373 bits per heavy atom. The summed E-state index contributed by atoms with van der Waals surface area (Å²) in [6.45, 7) is 0. The third-order valence-corrected chi connectivity index (χ3v) is 12.8. The molecule has 0 fully saturated rings. The van der Waals surface area contributed by atoms with E-state index in [0.717, 1.165) is 77.8 Å². The van der Waals surface area contributed by atoms with Crippen LogP contribution in [0.3, 0.4) is 0 Å². The Morgan fingerprint density at radius 3 is 1.60 bits per heavy atom. The molecule has 67 heavy (non-hydrogen) atoms. The van der Waals surface area contributed by atoms with Crippen molar-refractivity contribution in [2.45, 2.75) is 0 Å². The average Bonchev–Trinajstić information content (AvgIpc) is 3.96. The van der Waals surface area contributed by atoms with E-state index in [9.17, 15) is 0 Å². The molecule has 13 aromatic rings. The van der Waals surface area contributed by atoms with Crippen molar-refractivity contribution in [3.8, 4) is 51.0 Å². The second kappa shape index (κ2) is 15.8. The van der Waals surface area contributed by atoms with Crippen LogP contribution in [-0.2, 0) is 0 Å². The summed E-state index contributed by atoms with van der Waals surface area (Å²) >= 11 is 0. The highest BCUT2D eigenvalue weighted by atomic mass is 16.3. The van der Waals surface area contributed by atoms with Crippen LogP contribution in [0.1, 0.15) is 0 Å². The largest absolute Gasteiger partial charge is 0.455 e. The summed E-state index contributed by atoms with van der Waals surface area (Å²) in [5.74, 6) is 1.68. The van der Waals surface area contributed by atoms with Gasteiger partial charge in [0.15, 0.2) is 17.5 Å². The van der Waals surface area contributed by atoms with Gasteiger partial charge in [-0.3, -0.25) is 0 Å². The highest BCUT2D eigenvalue weighted by Crippen LogP contribution is 2.47. The molecule has 314 valence electrons. The van der Waals surface area contributed by atoms with E-state index in [2.05, 4.69) is 204 Å². The molecule has 0 N–H and O–H groups in total. The summed E-state index contributed by atoms with van der Waals surface area (Å²) in [5, 5.41) is 6.75. The Kier molecular flexibility index (Phi) is 9.06. The van der Waals surface area contributed by atoms with Crippen molar-refractivity contribution >= 4 is 71.6 Å². The van der Waals surface area contributed by atoms with Crippen molar-refractivity contribution in [2.24, 2.45) is 0 Å². The maximum absolute atomic E-state index is 6.94. The molecule has 0 saturated carbocycles. The molecule has 10 aromatic carbocycles. The lowest BCUT2D eigenvalue weighted by Gasteiger charge is -2.27. The number of fused-ring (bicyclic) bond motifs is 7. The Bertz CT molecular complexity index is 3920. The minimum atomic E-state index is 0.524. The van der Waals surface area contributed by atoms with Crippen molar-refractivity contribution in [3.05, 3.63) is 237 Å². The summed E-state index contributed by atoms with van der Waals surface area (Å²) in [6.07, 6.45) is 0. The van der Waals surface area contributed by atoms with Crippen molar-refractivity contribution in [2.75, 3.05) is 4.90 Å². The number of hydrogen-bond acceptors (Lipinski definition) is 5. The van der Waals surface area contributed by atoms with Gasteiger partial charge >= 0.3 is 0 Å². The lowest BCUT2D eigenvalue weighted by atomic mass is 10.0. The van der Waals surface area contributed by atoms with Crippen LogP contribution in [0, 0.1) is 0 Å². The number of anilines is 3. The molecular weight excluding hydrogens is 819 g/mol. The van der Waals surface area contributed by atoms with Gasteiger partial charge in [0.2, 0.25) is 0 Å². The normalized spacial score (nSPS) is 11.6. The number of furan rings is 1. The zero-order chi connectivity index (χ0) is 44.3. The number of para-hydroxylation sites is 3. The first-order chi connectivity index (χ1) is 33.2. The minimum Gasteiger partial charge on any atom is -0.455 e. The number of nitrogens with zero attached hydrogens (tertiary/aromatic N) is 5. The fourth-order valence-corrected chi connectivity index (χ4v) is 9.65. The molecule has 3 aromatic heterocycles. The van der Waals surface area contributed by atoms with Gasteiger partial charge in [0.05, 0.1) is 27.7 Å². The molecule has 13 rings (SSSR count). The van der Waals surface area contributed by atoms with Gasteiger partial charge in [-0.1, -0.05) is 158 Å². The van der Waals surface area contributed by atoms with Crippen molar-refractivity contribution in [1.29, 1.82) is 0 Å². The highest BCUT2D eigenvalue weighted by molar-refractivity contribution is 6.17. The first-order valence-corrected chi connectivity index (χ1v) is 22.5. The van der Waals surface area contributed by atoms with Gasteiger partial charge in [0.25, 0.3) is 0 Å². The first-order valence-electron chi connectivity index (χ1n) is 22.5. The van der Waals surface area contributed by atoms with Crippen LogP contribution in [-0.4, -0.2) is 19.5 Å². The second-order valence-corrected chi connectivity index (χ2v) is 16.8. The van der Waals surface area contributed by atoms with Gasteiger partial charge in [-0.15, -0.1) is 0 Å². The topological polar surface area (TPSA) is 60.0 Å². The van der Waals surface area contributed by atoms with E-state index in [0.29, 0.717) is 23.1 Å². The Labute approximate surface area is 386 Å². The van der Waals surface area contributed by atoms with Crippen LogP contribution in [0.25, 0.3) is 105 Å². The fraction of sp³-hybridized carbons (Fsp3) is 0. The molecule has 0 bridgehead atoms.